The Kier molecular flexibility index (Phi) is 3.90. The summed E-state index contributed by atoms with van der Waals surface area (Å²) in [5.41, 5.74) is 1.86. The Balaban J connectivity index is 1.67. The number of aromatic nitrogens is 3. The van der Waals surface area contributed by atoms with E-state index in [1.165, 1.54) is 0 Å². The maximum absolute atomic E-state index is 5.79. The molecule has 6 heteroatoms. The predicted molar refractivity (Wildman–Crippen MR) is 81.9 cm³/mol. The normalized spacial score (nSPS) is 10.4. The van der Waals surface area contributed by atoms with Crippen molar-refractivity contribution in [1.82, 2.24) is 15.0 Å². The SMILES string of the molecule is Clc1ccc(NCc2csc(-c3ccccn3)n2)nc1. The molecule has 4 nitrogen and oxygen atoms in total. The van der Waals surface area contributed by atoms with Crippen LogP contribution in [-0.4, -0.2) is 15.0 Å². The Bertz CT molecular complexity index is 682. The Hall–Kier alpha value is -1.98. The van der Waals surface area contributed by atoms with Crippen molar-refractivity contribution in [1.29, 1.82) is 0 Å². The number of pyridine rings is 2. The van der Waals surface area contributed by atoms with Crippen molar-refractivity contribution >= 4 is 28.8 Å². The summed E-state index contributed by atoms with van der Waals surface area (Å²) in [6.45, 7) is 0.623. The summed E-state index contributed by atoms with van der Waals surface area (Å²) in [5.74, 6) is 0.779. The number of hydrogen-bond donors (Lipinski definition) is 1. The lowest BCUT2D eigenvalue weighted by Gasteiger charge is -2.02. The smallest absolute Gasteiger partial charge is 0.142 e. The second-order valence-corrected chi connectivity index (χ2v) is 5.37. The summed E-state index contributed by atoms with van der Waals surface area (Å²) in [5, 5.41) is 6.78. The van der Waals surface area contributed by atoms with Gasteiger partial charge in [-0.25, -0.2) is 9.97 Å². The quantitative estimate of drug-likeness (QED) is 0.795. The van der Waals surface area contributed by atoms with Gasteiger partial charge in [-0.2, -0.15) is 0 Å². The summed E-state index contributed by atoms with van der Waals surface area (Å²) >= 11 is 7.38. The van der Waals surface area contributed by atoms with Crippen molar-refractivity contribution < 1.29 is 0 Å². The van der Waals surface area contributed by atoms with Gasteiger partial charge in [0, 0.05) is 17.8 Å². The lowest BCUT2D eigenvalue weighted by atomic mass is 10.3. The fourth-order valence-electron chi connectivity index (χ4n) is 1.66. The minimum atomic E-state index is 0.623. The molecule has 0 amide bonds. The van der Waals surface area contributed by atoms with Crippen molar-refractivity contribution in [3.8, 4) is 10.7 Å². The first kappa shape index (κ1) is 13.0. The predicted octanol–water partition coefficient (Wildman–Crippen LogP) is 3.87. The molecule has 0 aliphatic carbocycles. The van der Waals surface area contributed by atoms with Crippen LogP contribution in [0.4, 0.5) is 5.82 Å². The van der Waals surface area contributed by atoms with E-state index in [1.54, 1.807) is 29.8 Å². The Labute approximate surface area is 125 Å². The molecule has 0 spiro atoms. The topological polar surface area (TPSA) is 50.7 Å². The molecule has 0 radical (unpaired) electrons. The van der Waals surface area contributed by atoms with Crippen molar-refractivity contribution in [2.45, 2.75) is 6.54 Å². The number of anilines is 1. The van der Waals surface area contributed by atoms with E-state index in [9.17, 15) is 0 Å². The standard InChI is InChI=1S/C14H11ClN4S/c15-10-4-5-13(17-7-10)18-8-11-9-20-14(19-11)12-3-1-2-6-16-12/h1-7,9H,8H2,(H,17,18). The Morgan fingerprint density at radius 2 is 2.10 bits per heavy atom. The number of halogens is 1. The molecule has 0 saturated heterocycles. The minimum absolute atomic E-state index is 0.623. The third-order valence-corrected chi connectivity index (χ3v) is 3.75. The van der Waals surface area contributed by atoms with Crippen molar-refractivity contribution in [2.75, 3.05) is 5.32 Å². The molecule has 0 fully saturated rings. The highest BCUT2D eigenvalue weighted by molar-refractivity contribution is 7.13. The number of rotatable bonds is 4. The van der Waals surface area contributed by atoms with Gasteiger partial charge in [-0.1, -0.05) is 17.7 Å². The van der Waals surface area contributed by atoms with Crippen LogP contribution in [0.1, 0.15) is 5.69 Å². The van der Waals surface area contributed by atoms with Crippen LogP contribution in [0.15, 0.2) is 48.1 Å². The fourth-order valence-corrected chi connectivity index (χ4v) is 2.56. The van der Waals surface area contributed by atoms with E-state index in [-0.39, 0.29) is 0 Å². The van der Waals surface area contributed by atoms with E-state index >= 15 is 0 Å². The van der Waals surface area contributed by atoms with Crippen LogP contribution in [-0.2, 0) is 6.54 Å². The molecule has 3 aromatic heterocycles. The van der Waals surface area contributed by atoms with Gasteiger partial charge < -0.3 is 5.32 Å². The first-order valence-corrected chi connectivity index (χ1v) is 7.28. The summed E-state index contributed by atoms with van der Waals surface area (Å²) in [7, 11) is 0. The zero-order valence-electron chi connectivity index (χ0n) is 10.5. The third-order valence-electron chi connectivity index (χ3n) is 2.61. The van der Waals surface area contributed by atoms with Gasteiger partial charge in [-0.05, 0) is 24.3 Å². The fraction of sp³-hybridized carbons (Fsp3) is 0.0714. The van der Waals surface area contributed by atoms with Gasteiger partial charge in [0.05, 0.1) is 23.0 Å². The third kappa shape index (κ3) is 3.12. The Morgan fingerprint density at radius 1 is 1.15 bits per heavy atom. The zero-order valence-corrected chi connectivity index (χ0v) is 12.0. The summed E-state index contributed by atoms with van der Waals surface area (Å²) in [4.78, 5) is 13.0. The Morgan fingerprint density at radius 3 is 2.85 bits per heavy atom. The molecular weight excluding hydrogens is 292 g/mol. The molecule has 20 heavy (non-hydrogen) atoms. The van der Waals surface area contributed by atoms with Gasteiger partial charge in [0.2, 0.25) is 0 Å². The van der Waals surface area contributed by atoms with Crippen LogP contribution in [0.3, 0.4) is 0 Å². The summed E-state index contributed by atoms with van der Waals surface area (Å²) in [6, 6.07) is 9.45. The van der Waals surface area contributed by atoms with Gasteiger partial charge in [-0.3, -0.25) is 4.98 Å². The number of nitrogens with zero attached hydrogens (tertiary/aromatic N) is 3. The highest BCUT2D eigenvalue weighted by Crippen LogP contribution is 2.21. The summed E-state index contributed by atoms with van der Waals surface area (Å²) in [6.07, 6.45) is 3.39. The average Bonchev–Trinajstić information content (AvgIpc) is 2.97. The van der Waals surface area contributed by atoms with Gasteiger partial charge in [0.15, 0.2) is 0 Å². The molecule has 1 N–H and O–H groups in total. The lowest BCUT2D eigenvalue weighted by Crippen LogP contribution is -2.01. The number of thiazole rings is 1. The van der Waals surface area contributed by atoms with Gasteiger partial charge in [0.1, 0.15) is 10.8 Å². The van der Waals surface area contributed by atoms with Crippen LogP contribution >= 0.6 is 22.9 Å². The van der Waals surface area contributed by atoms with Gasteiger partial charge in [-0.15, -0.1) is 11.3 Å². The van der Waals surface area contributed by atoms with Gasteiger partial charge in [0.25, 0.3) is 0 Å². The van der Waals surface area contributed by atoms with Gasteiger partial charge >= 0.3 is 0 Å². The molecule has 3 rings (SSSR count). The maximum Gasteiger partial charge on any atom is 0.142 e. The molecule has 0 aliphatic rings. The largest absolute Gasteiger partial charge is 0.364 e. The van der Waals surface area contributed by atoms with E-state index in [0.29, 0.717) is 11.6 Å². The second kappa shape index (κ2) is 5.98. The second-order valence-electron chi connectivity index (χ2n) is 4.07. The molecule has 0 saturated carbocycles. The van der Waals surface area contributed by atoms with Crippen LogP contribution in [0.5, 0.6) is 0 Å². The number of hydrogen-bond acceptors (Lipinski definition) is 5. The van der Waals surface area contributed by atoms with Crippen molar-refractivity contribution in [3.05, 3.63) is 58.8 Å². The highest BCUT2D eigenvalue weighted by atomic mass is 35.5. The minimum Gasteiger partial charge on any atom is -0.364 e. The van der Waals surface area contributed by atoms with E-state index < -0.39 is 0 Å². The molecule has 0 atom stereocenters. The summed E-state index contributed by atoms with van der Waals surface area (Å²) < 4.78 is 0. The van der Waals surface area contributed by atoms with Crippen LogP contribution in [0, 0.1) is 0 Å². The molecule has 0 bridgehead atoms. The van der Waals surface area contributed by atoms with E-state index in [0.717, 1.165) is 22.2 Å². The van der Waals surface area contributed by atoms with E-state index in [4.69, 9.17) is 11.6 Å². The molecule has 3 heterocycles. The molecule has 3 aromatic rings. The molecular formula is C14H11ClN4S. The van der Waals surface area contributed by atoms with Crippen LogP contribution < -0.4 is 5.32 Å². The van der Waals surface area contributed by atoms with Crippen molar-refractivity contribution in [2.24, 2.45) is 0 Å². The number of nitrogens with one attached hydrogen (secondary N) is 1. The van der Waals surface area contributed by atoms with Crippen LogP contribution in [0.2, 0.25) is 5.02 Å². The first-order valence-electron chi connectivity index (χ1n) is 6.02. The molecule has 100 valence electrons. The maximum atomic E-state index is 5.79. The lowest BCUT2D eigenvalue weighted by molar-refractivity contribution is 1.05. The molecule has 0 aliphatic heterocycles. The molecule has 0 aromatic carbocycles. The van der Waals surface area contributed by atoms with Crippen LogP contribution in [0.25, 0.3) is 10.7 Å². The highest BCUT2D eigenvalue weighted by Gasteiger charge is 2.05. The van der Waals surface area contributed by atoms with E-state index in [1.807, 2.05) is 29.6 Å². The van der Waals surface area contributed by atoms with Crippen molar-refractivity contribution in [3.63, 3.8) is 0 Å². The first-order chi connectivity index (χ1) is 9.81. The monoisotopic (exact) mass is 302 g/mol. The molecule has 0 unspecified atom stereocenters. The zero-order chi connectivity index (χ0) is 13.8. The average molecular weight is 303 g/mol. The van der Waals surface area contributed by atoms with E-state index in [2.05, 4.69) is 20.3 Å².